The first-order valence-corrected chi connectivity index (χ1v) is 7.69. The number of thiocarbonyl (C=S) groups is 1. The number of nitrogens with zero attached hydrogens (tertiary/aromatic N) is 1. The molecule has 1 aromatic carbocycles. The van der Waals surface area contributed by atoms with Gasteiger partial charge in [0.05, 0.1) is 6.61 Å². The van der Waals surface area contributed by atoms with Crippen molar-refractivity contribution in [3.8, 4) is 0 Å². The van der Waals surface area contributed by atoms with E-state index in [9.17, 15) is 0 Å². The zero-order chi connectivity index (χ0) is 14.5. The Morgan fingerprint density at radius 1 is 1.55 bits per heavy atom. The van der Waals surface area contributed by atoms with Crippen molar-refractivity contribution >= 4 is 28.8 Å². The summed E-state index contributed by atoms with van der Waals surface area (Å²) >= 11 is 11.2. The molecule has 0 saturated carbocycles. The van der Waals surface area contributed by atoms with Crippen LogP contribution in [-0.2, 0) is 11.3 Å². The lowest BCUT2D eigenvalue weighted by Crippen LogP contribution is -2.30. The molecule has 1 unspecified atom stereocenters. The van der Waals surface area contributed by atoms with E-state index in [1.54, 1.807) is 0 Å². The molecule has 0 amide bonds. The molecule has 3 nitrogen and oxygen atoms in total. The first kappa shape index (κ1) is 15.7. The van der Waals surface area contributed by atoms with E-state index in [2.05, 4.69) is 11.9 Å². The number of rotatable bonds is 5. The van der Waals surface area contributed by atoms with Crippen LogP contribution in [0.25, 0.3) is 0 Å². The maximum absolute atomic E-state index is 6.29. The van der Waals surface area contributed by atoms with Crippen LogP contribution in [0.3, 0.4) is 0 Å². The summed E-state index contributed by atoms with van der Waals surface area (Å²) in [4.78, 5) is 2.67. The van der Waals surface area contributed by atoms with Gasteiger partial charge in [-0.25, -0.2) is 0 Å². The molecule has 0 radical (unpaired) electrons. The van der Waals surface area contributed by atoms with Gasteiger partial charge in [-0.05, 0) is 37.4 Å². The fraction of sp³-hybridized carbons (Fsp3) is 0.533. The van der Waals surface area contributed by atoms with Crippen molar-refractivity contribution < 1.29 is 4.74 Å². The molecule has 1 atom stereocenters. The SMILES string of the molecule is CN(Cc1ccc(C(N)=S)cc1Cl)CC1CCCOC1. The molecule has 20 heavy (non-hydrogen) atoms. The maximum Gasteiger partial charge on any atom is 0.104 e. The van der Waals surface area contributed by atoms with E-state index in [-0.39, 0.29) is 0 Å². The zero-order valence-corrected chi connectivity index (χ0v) is 13.3. The normalized spacial score (nSPS) is 19.2. The second-order valence-electron chi connectivity index (χ2n) is 5.45. The molecule has 110 valence electrons. The molecule has 0 aromatic heterocycles. The Balaban J connectivity index is 1.93. The highest BCUT2D eigenvalue weighted by molar-refractivity contribution is 7.80. The number of halogens is 1. The van der Waals surface area contributed by atoms with Crippen molar-refractivity contribution in [3.05, 3.63) is 34.3 Å². The lowest BCUT2D eigenvalue weighted by Gasteiger charge is -2.27. The van der Waals surface area contributed by atoms with Crippen molar-refractivity contribution in [3.63, 3.8) is 0 Å². The lowest BCUT2D eigenvalue weighted by atomic mass is 10.0. The van der Waals surface area contributed by atoms with Gasteiger partial charge in [0.1, 0.15) is 4.99 Å². The third-order valence-electron chi connectivity index (χ3n) is 3.60. The monoisotopic (exact) mass is 312 g/mol. The summed E-state index contributed by atoms with van der Waals surface area (Å²) < 4.78 is 5.52. The van der Waals surface area contributed by atoms with E-state index in [1.807, 2.05) is 18.2 Å². The molecule has 2 rings (SSSR count). The third-order valence-corrected chi connectivity index (χ3v) is 4.19. The van der Waals surface area contributed by atoms with Gasteiger partial charge in [0.2, 0.25) is 0 Å². The van der Waals surface area contributed by atoms with Crippen LogP contribution in [0.5, 0.6) is 0 Å². The van der Waals surface area contributed by atoms with Gasteiger partial charge in [-0.2, -0.15) is 0 Å². The van der Waals surface area contributed by atoms with E-state index in [1.165, 1.54) is 12.8 Å². The highest BCUT2D eigenvalue weighted by Crippen LogP contribution is 2.21. The van der Waals surface area contributed by atoms with Crippen molar-refractivity contribution in [2.45, 2.75) is 19.4 Å². The van der Waals surface area contributed by atoms with E-state index in [0.29, 0.717) is 10.9 Å². The molecule has 0 bridgehead atoms. The van der Waals surface area contributed by atoms with Gasteiger partial charge in [-0.3, -0.25) is 0 Å². The van der Waals surface area contributed by atoms with Gasteiger partial charge < -0.3 is 15.4 Å². The van der Waals surface area contributed by atoms with Crippen LogP contribution in [0.4, 0.5) is 0 Å². The van der Waals surface area contributed by atoms with Crippen LogP contribution in [0.2, 0.25) is 5.02 Å². The van der Waals surface area contributed by atoms with E-state index < -0.39 is 0 Å². The minimum Gasteiger partial charge on any atom is -0.389 e. The summed E-state index contributed by atoms with van der Waals surface area (Å²) in [6, 6.07) is 5.78. The molecular formula is C15H21ClN2OS. The molecule has 0 spiro atoms. The highest BCUT2D eigenvalue weighted by atomic mass is 35.5. The molecule has 1 aliphatic rings. The Labute approximate surface area is 131 Å². The average molecular weight is 313 g/mol. The number of ether oxygens (including phenoxy) is 1. The van der Waals surface area contributed by atoms with Crippen molar-refractivity contribution in [2.75, 3.05) is 26.8 Å². The summed E-state index contributed by atoms with van der Waals surface area (Å²) in [5.74, 6) is 0.628. The number of hydrogen-bond acceptors (Lipinski definition) is 3. The van der Waals surface area contributed by atoms with E-state index >= 15 is 0 Å². The Bertz CT molecular complexity index is 475. The van der Waals surface area contributed by atoms with E-state index in [4.69, 9.17) is 34.3 Å². The average Bonchev–Trinajstić information content (AvgIpc) is 2.42. The number of nitrogens with two attached hydrogens (primary N) is 1. The third kappa shape index (κ3) is 4.42. The second-order valence-corrected chi connectivity index (χ2v) is 6.30. The molecule has 1 saturated heterocycles. The minimum atomic E-state index is 0.381. The summed E-state index contributed by atoms with van der Waals surface area (Å²) in [6.07, 6.45) is 2.42. The standard InChI is InChI=1S/C15H21ClN2OS/c1-18(8-11-3-2-6-19-10-11)9-13-5-4-12(15(17)20)7-14(13)16/h4-5,7,11H,2-3,6,8-10H2,1H3,(H2,17,20). The van der Waals surface area contributed by atoms with Gasteiger partial charge in [-0.15, -0.1) is 0 Å². The molecule has 0 aliphatic carbocycles. The lowest BCUT2D eigenvalue weighted by molar-refractivity contribution is 0.0411. The first-order chi connectivity index (χ1) is 9.56. The van der Waals surface area contributed by atoms with Crippen LogP contribution in [-0.4, -0.2) is 36.7 Å². The predicted octanol–water partition coefficient (Wildman–Crippen LogP) is 2.83. The van der Waals surface area contributed by atoms with E-state index in [0.717, 1.165) is 42.5 Å². The molecule has 1 fully saturated rings. The minimum absolute atomic E-state index is 0.381. The Hall–Kier alpha value is -0.680. The zero-order valence-electron chi connectivity index (χ0n) is 11.8. The van der Waals surface area contributed by atoms with Crippen molar-refractivity contribution in [1.29, 1.82) is 0 Å². The second kappa shape index (κ2) is 7.36. The topological polar surface area (TPSA) is 38.5 Å². The summed E-state index contributed by atoms with van der Waals surface area (Å²) in [7, 11) is 2.12. The fourth-order valence-corrected chi connectivity index (χ4v) is 2.94. The molecule has 1 aromatic rings. The van der Waals surface area contributed by atoms with Crippen LogP contribution < -0.4 is 5.73 Å². The Morgan fingerprint density at radius 3 is 2.95 bits per heavy atom. The molecule has 2 N–H and O–H groups in total. The largest absolute Gasteiger partial charge is 0.389 e. The van der Waals surface area contributed by atoms with Gasteiger partial charge in [0.25, 0.3) is 0 Å². The maximum atomic E-state index is 6.29. The predicted molar refractivity (Wildman–Crippen MR) is 87.2 cm³/mol. The smallest absolute Gasteiger partial charge is 0.104 e. The summed E-state index contributed by atoms with van der Waals surface area (Å²) in [5, 5.41) is 0.724. The molecule has 1 aliphatic heterocycles. The van der Waals surface area contributed by atoms with Crippen molar-refractivity contribution in [1.82, 2.24) is 4.90 Å². The summed E-state index contributed by atoms with van der Waals surface area (Å²) in [6.45, 7) is 3.64. The van der Waals surface area contributed by atoms with Crippen LogP contribution in [0, 0.1) is 5.92 Å². The Kier molecular flexibility index (Phi) is 5.78. The number of hydrogen-bond donors (Lipinski definition) is 1. The van der Waals surface area contributed by atoms with Gasteiger partial charge in [0.15, 0.2) is 0 Å². The van der Waals surface area contributed by atoms with Crippen LogP contribution in [0.15, 0.2) is 18.2 Å². The van der Waals surface area contributed by atoms with Gasteiger partial charge in [-0.1, -0.05) is 36.0 Å². The molecule has 1 heterocycles. The summed E-state index contributed by atoms with van der Waals surface area (Å²) in [5.41, 5.74) is 7.53. The first-order valence-electron chi connectivity index (χ1n) is 6.91. The van der Waals surface area contributed by atoms with Crippen molar-refractivity contribution in [2.24, 2.45) is 11.7 Å². The Morgan fingerprint density at radius 2 is 2.35 bits per heavy atom. The van der Waals surface area contributed by atoms with Crippen LogP contribution in [0.1, 0.15) is 24.0 Å². The quantitative estimate of drug-likeness (QED) is 0.849. The van der Waals surface area contributed by atoms with Gasteiger partial charge in [0, 0.05) is 30.3 Å². The molecular weight excluding hydrogens is 292 g/mol. The van der Waals surface area contributed by atoms with Crippen LogP contribution >= 0.6 is 23.8 Å². The molecule has 5 heteroatoms. The highest BCUT2D eigenvalue weighted by Gasteiger charge is 2.16. The fourth-order valence-electron chi connectivity index (χ4n) is 2.58. The van der Waals surface area contributed by atoms with Gasteiger partial charge >= 0.3 is 0 Å². The number of benzene rings is 1.